The van der Waals surface area contributed by atoms with Crippen molar-refractivity contribution in [2.45, 2.75) is 12.8 Å². The largest absolute Gasteiger partial charge is 0.339 e. The lowest BCUT2D eigenvalue weighted by atomic mass is 9.96. The number of benzene rings is 1. The van der Waals surface area contributed by atoms with Gasteiger partial charge >= 0.3 is 0 Å². The van der Waals surface area contributed by atoms with E-state index < -0.39 is 0 Å². The van der Waals surface area contributed by atoms with E-state index in [-0.39, 0.29) is 5.91 Å². The van der Waals surface area contributed by atoms with Crippen molar-refractivity contribution < 1.29 is 4.79 Å². The second-order valence-electron chi connectivity index (χ2n) is 4.92. The molecular formula is C14H18BrClN2O. The lowest BCUT2D eigenvalue weighted by molar-refractivity contribution is 0.0691. The maximum Gasteiger partial charge on any atom is 0.253 e. The molecule has 1 saturated heterocycles. The highest BCUT2D eigenvalue weighted by Gasteiger charge is 2.23. The number of hydrogen-bond acceptors (Lipinski definition) is 2. The van der Waals surface area contributed by atoms with Gasteiger partial charge in [-0.25, -0.2) is 0 Å². The van der Waals surface area contributed by atoms with Crippen molar-refractivity contribution in [3.8, 4) is 0 Å². The highest BCUT2D eigenvalue weighted by atomic mass is 79.9. The van der Waals surface area contributed by atoms with E-state index in [1.165, 1.54) is 0 Å². The highest BCUT2D eigenvalue weighted by Crippen LogP contribution is 2.25. The second-order valence-corrected chi connectivity index (χ2v) is 6.18. The first-order chi connectivity index (χ1) is 9.11. The van der Waals surface area contributed by atoms with Gasteiger partial charge in [0.15, 0.2) is 0 Å². The number of piperidine rings is 1. The molecule has 0 aromatic heterocycles. The zero-order valence-electron chi connectivity index (χ0n) is 11.0. The number of hydrogen-bond donors (Lipinski definition) is 1. The van der Waals surface area contributed by atoms with E-state index in [0.717, 1.165) is 36.9 Å². The van der Waals surface area contributed by atoms with Gasteiger partial charge in [-0.15, -0.1) is 0 Å². The maximum absolute atomic E-state index is 12.4. The molecule has 2 rings (SSSR count). The van der Waals surface area contributed by atoms with Crippen LogP contribution in [-0.2, 0) is 0 Å². The molecule has 0 saturated carbocycles. The monoisotopic (exact) mass is 344 g/mol. The first kappa shape index (κ1) is 14.8. The van der Waals surface area contributed by atoms with Crippen LogP contribution in [0.5, 0.6) is 0 Å². The molecule has 1 aliphatic rings. The van der Waals surface area contributed by atoms with E-state index in [1.807, 2.05) is 24.1 Å². The minimum Gasteiger partial charge on any atom is -0.339 e. The topological polar surface area (TPSA) is 32.3 Å². The van der Waals surface area contributed by atoms with Gasteiger partial charge < -0.3 is 10.2 Å². The molecule has 1 fully saturated rings. The van der Waals surface area contributed by atoms with Crippen LogP contribution >= 0.6 is 27.5 Å². The van der Waals surface area contributed by atoms with Crippen molar-refractivity contribution >= 4 is 33.4 Å². The summed E-state index contributed by atoms with van der Waals surface area (Å²) in [6.07, 6.45) is 2.13. The number of halogens is 2. The van der Waals surface area contributed by atoms with Gasteiger partial charge in [0, 0.05) is 23.1 Å². The van der Waals surface area contributed by atoms with E-state index in [9.17, 15) is 4.79 Å². The fourth-order valence-electron chi connectivity index (χ4n) is 2.44. The molecule has 5 heteroatoms. The van der Waals surface area contributed by atoms with E-state index in [1.54, 1.807) is 6.07 Å². The third-order valence-corrected chi connectivity index (χ3v) is 4.79. The van der Waals surface area contributed by atoms with Crippen LogP contribution in [0.15, 0.2) is 22.7 Å². The van der Waals surface area contributed by atoms with Crippen LogP contribution in [0.2, 0.25) is 5.02 Å². The molecule has 1 aromatic rings. The fraction of sp³-hybridized carbons (Fsp3) is 0.500. The number of rotatable bonds is 3. The third kappa shape index (κ3) is 3.71. The second kappa shape index (κ2) is 6.73. The number of likely N-dealkylation sites (tertiary alicyclic amines) is 1. The Labute approximate surface area is 127 Å². The first-order valence-corrected chi connectivity index (χ1v) is 7.68. The van der Waals surface area contributed by atoms with Crippen molar-refractivity contribution in [3.05, 3.63) is 33.3 Å². The number of nitrogens with zero attached hydrogens (tertiary/aromatic N) is 1. The van der Waals surface area contributed by atoms with Crippen LogP contribution < -0.4 is 5.32 Å². The number of amides is 1. The minimum atomic E-state index is 0.0808. The molecule has 1 aliphatic heterocycles. The SMILES string of the molecule is CNCC1CCN(C(=O)c2ccc(Br)c(Cl)c2)CC1. The summed E-state index contributed by atoms with van der Waals surface area (Å²) in [4.78, 5) is 14.3. The Morgan fingerprint density at radius 2 is 2.16 bits per heavy atom. The first-order valence-electron chi connectivity index (χ1n) is 6.50. The summed E-state index contributed by atoms with van der Waals surface area (Å²) < 4.78 is 0.818. The minimum absolute atomic E-state index is 0.0808. The quantitative estimate of drug-likeness (QED) is 0.912. The third-order valence-electron chi connectivity index (χ3n) is 3.56. The van der Waals surface area contributed by atoms with Crippen molar-refractivity contribution in [2.75, 3.05) is 26.7 Å². The van der Waals surface area contributed by atoms with Crippen molar-refractivity contribution in [3.63, 3.8) is 0 Å². The Morgan fingerprint density at radius 1 is 1.47 bits per heavy atom. The molecule has 1 amide bonds. The van der Waals surface area contributed by atoms with Crippen molar-refractivity contribution in [1.82, 2.24) is 10.2 Å². The number of nitrogens with one attached hydrogen (secondary N) is 1. The summed E-state index contributed by atoms with van der Waals surface area (Å²) in [7, 11) is 1.97. The van der Waals surface area contributed by atoms with Crippen LogP contribution in [-0.4, -0.2) is 37.5 Å². The zero-order valence-corrected chi connectivity index (χ0v) is 13.3. The van der Waals surface area contributed by atoms with E-state index in [0.29, 0.717) is 16.5 Å². The summed E-state index contributed by atoms with van der Waals surface area (Å²) in [6, 6.07) is 5.37. The molecule has 0 spiro atoms. The average Bonchev–Trinajstić information content (AvgIpc) is 2.42. The van der Waals surface area contributed by atoms with E-state index in [4.69, 9.17) is 11.6 Å². The molecule has 0 radical (unpaired) electrons. The van der Waals surface area contributed by atoms with Crippen LogP contribution in [0.3, 0.4) is 0 Å². The van der Waals surface area contributed by atoms with Crippen molar-refractivity contribution in [1.29, 1.82) is 0 Å². The molecule has 0 bridgehead atoms. The Bertz CT molecular complexity index is 459. The van der Waals surface area contributed by atoms with Crippen LogP contribution in [0.25, 0.3) is 0 Å². The maximum atomic E-state index is 12.4. The summed E-state index contributed by atoms with van der Waals surface area (Å²) in [5, 5.41) is 3.78. The molecule has 3 nitrogen and oxygen atoms in total. The van der Waals surface area contributed by atoms with Crippen LogP contribution in [0.4, 0.5) is 0 Å². The molecule has 0 atom stereocenters. The Balaban J connectivity index is 1.99. The molecule has 1 N–H and O–H groups in total. The molecule has 104 valence electrons. The smallest absolute Gasteiger partial charge is 0.253 e. The Kier molecular flexibility index (Phi) is 5.25. The molecule has 1 heterocycles. The van der Waals surface area contributed by atoms with Crippen LogP contribution in [0.1, 0.15) is 23.2 Å². The van der Waals surface area contributed by atoms with E-state index in [2.05, 4.69) is 21.2 Å². The van der Waals surface area contributed by atoms with Crippen LogP contribution in [0, 0.1) is 5.92 Å². The molecule has 0 aliphatic carbocycles. The highest BCUT2D eigenvalue weighted by molar-refractivity contribution is 9.10. The zero-order chi connectivity index (χ0) is 13.8. The van der Waals surface area contributed by atoms with Gasteiger partial charge in [-0.1, -0.05) is 11.6 Å². The van der Waals surface area contributed by atoms with E-state index >= 15 is 0 Å². The normalized spacial score (nSPS) is 16.7. The molecular weight excluding hydrogens is 328 g/mol. The summed E-state index contributed by atoms with van der Waals surface area (Å²) in [5.41, 5.74) is 0.667. The Morgan fingerprint density at radius 3 is 2.74 bits per heavy atom. The fourth-order valence-corrected chi connectivity index (χ4v) is 2.87. The predicted octanol–water partition coefficient (Wildman–Crippen LogP) is 3.17. The summed E-state index contributed by atoms with van der Waals surface area (Å²) >= 11 is 9.37. The van der Waals surface area contributed by atoms with Gasteiger partial charge in [0.2, 0.25) is 0 Å². The average molecular weight is 346 g/mol. The summed E-state index contributed by atoms with van der Waals surface area (Å²) in [5.74, 6) is 0.764. The van der Waals surface area contributed by atoms with Gasteiger partial charge in [0.25, 0.3) is 5.91 Å². The Hall–Kier alpha value is -0.580. The van der Waals surface area contributed by atoms with Gasteiger partial charge in [-0.05, 0) is 66.5 Å². The summed E-state index contributed by atoms with van der Waals surface area (Å²) in [6.45, 7) is 2.70. The van der Waals surface area contributed by atoms with Gasteiger partial charge in [-0.2, -0.15) is 0 Å². The van der Waals surface area contributed by atoms with Gasteiger partial charge in [-0.3, -0.25) is 4.79 Å². The van der Waals surface area contributed by atoms with Gasteiger partial charge in [0.05, 0.1) is 5.02 Å². The molecule has 1 aromatic carbocycles. The molecule has 19 heavy (non-hydrogen) atoms. The standard InChI is InChI=1S/C14H18BrClN2O/c1-17-9-10-4-6-18(7-5-10)14(19)11-2-3-12(15)13(16)8-11/h2-3,8,10,17H,4-7,9H2,1H3. The predicted molar refractivity (Wildman–Crippen MR) is 81.7 cm³/mol. The van der Waals surface area contributed by atoms with Crippen molar-refractivity contribution in [2.24, 2.45) is 5.92 Å². The van der Waals surface area contributed by atoms with Gasteiger partial charge in [0.1, 0.15) is 0 Å². The number of carbonyl (C=O) groups excluding carboxylic acids is 1. The molecule has 0 unspecified atom stereocenters. The lowest BCUT2D eigenvalue weighted by Crippen LogP contribution is -2.40. The lowest BCUT2D eigenvalue weighted by Gasteiger charge is -2.32. The number of carbonyl (C=O) groups is 1.